The highest BCUT2D eigenvalue weighted by Gasteiger charge is 2.18. The number of benzene rings is 1. The number of methoxy groups -OCH3 is 1. The Hall–Kier alpha value is -3.68. The Labute approximate surface area is 180 Å². The molecule has 3 aromatic heterocycles. The summed E-state index contributed by atoms with van der Waals surface area (Å²) in [5.41, 5.74) is 4.37. The van der Waals surface area contributed by atoms with E-state index in [0.717, 1.165) is 41.0 Å². The summed E-state index contributed by atoms with van der Waals surface area (Å²) in [7, 11) is 1.66. The highest BCUT2D eigenvalue weighted by molar-refractivity contribution is 5.84. The second-order valence-corrected chi connectivity index (χ2v) is 7.75. The number of pyridine rings is 1. The predicted octanol–water partition coefficient (Wildman–Crippen LogP) is 4.91. The summed E-state index contributed by atoms with van der Waals surface area (Å²) < 4.78 is 5.63. The normalized spacial score (nSPS) is 14.5. The van der Waals surface area contributed by atoms with Gasteiger partial charge >= 0.3 is 0 Å². The molecule has 158 valence electrons. The van der Waals surface area contributed by atoms with E-state index in [2.05, 4.69) is 30.6 Å². The van der Waals surface area contributed by atoms with Gasteiger partial charge in [0, 0.05) is 18.4 Å². The molecular formula is C23H25N7O. The van der Waals surface area contributed by atoms with Gasteiger partial charge < -0.3 is 20.4 Å². The SMILES string of the molecule is COc1cc(-c2ccncc2)ccc1Nc1nc(NC2CCCCC2)c2[nH]cnc2n1. The first kappa shape index (κ1) is 19.3. The van der Waals surface area contributed by atoms with Crippen LogP contribution in [0.3, 0.4) is 0 Å². The Kier molecular flexibility index (Phi) is 5.35. The summed E-state index contributed by atoms with van der Waals surface area (Å²) in [6, 6.07) is 10.4. The van der Waals surface area contributed by atoms with Crippen LogP contribution in [0, 0.1) is 0 Å². The van der Waals surface area contributed by atoms with E-state index in [1.54, 1.807) is 25.8 Å². The maximum atomic E-state index is 5.63. The van der Waals surface area contributed by atoms with Crippen LogP contribution in [-0.2, 0) is 0 Å². The van der Waals surface area contributed by atoms with E-state index in [1.807, 2.05) is 30.3 Å². The number of aromatic amines is 1. The number of H-pyrrole nitrogens is 1. The van der Waals surface area contributed by atoms with Crippen LogP contribution in [0.25, 0.3) is 22.3 Å². The van der Waals surface area contributed by atoms with Crippen molar-refractivity contribution < 1.29 is 4.74 Å². The van der Waals surface area contributed by atoms with Gasteiger partial charge in [0.1, 0.15) is 11.3 Å². The Bertz CT molecular complexity index is 1170. The number of rotatable bonds is 6. The van der Waals surface area contributed by atoms with E-state index in [9.17, 15) is 0 Å². The Balaban J connectivity index is 1.44. The Morgan fingerprint density at radius 2 is 1.84 bits per heavy atom. The third-order valence-corrected chi connectivity index (χ3v) is 5.69. The highest BCUT2D eigenvalue weighted by Crippen LogP contribution is 2.33. The van der Waals surface area contributed by atoms with Crippen molar-refractivity contribution in [3.8, 4) is 16.9 Å². The van der Waals surface area contributed by atoms with Crippen molar-refractivity contribution in [2.24, 2.45) is 0 Å². The van der Waals surface area contributed by atoms with Crippen LogP contribution in [0.2, 0.25) is 0 Å². The van der Waals surface area contributed by atoms with Crippen LogP contribution in [0.15, 0.2) is 49.1 Å². The lowest BCUT2D eigenvalue weighted by atomic mass is 9.95. The van der Waals surface area contributed by atoms with Gasteiger partial charge in [-0.1, -0.05) is 25.3 Å². The minimum atomic E-state index is 0.428. The van der Waals surface area contributed by atoms with Gasteiger partial charge in [-0.2, -0.15) is 9.97 Å². The quantitative estimate of drug-likeness (QED) is 0.411. The van der Waals surface area contributed by atoms with E-state index in [-0.39, 0.29) is 0 Å². The van der Waals surface area contributed by atoms with Gasteiger partial charge in [-0.05, 0) is 48.2 Å². The minimum Gasteiger partial charge on any atom is -0.495 e. The number of anilines is 3. The highest BCUT2D eigenvalue weighted by atomic mass is 16.5. The number of hydrogen-bond donors (Lipinski definition) is 3. The number of aromatic nitrogens is 5. The molecule has 0 spiro atoms. The first-order valence-corrected chi connectivity index (χ1v) is 10.6. The van der Waals surface area contributed by atoms with Crippen molar-refractivity contribution >= 4 is 28.6 Å². The molecular weight excluding hydrogens is 390 g/mol. The lowest BCUT2D eigenvalue weighted by Gasteiger charge is -2.23. The minimum absolute atomic E-state index is 0.428. The van der Waals surface area contributed by atoms with Crippen LogP contribution in [-0.4, -0.2) is 38.1 Å². The average Bonchev–Trinajstić information content (AvgIpc) is 3.30. The van der Waals surface area contributed by atoms with E-state index in [0.29, 0.717) is 23.4 Å². The van der Waals surface area contributed by atoms with E-state index >= 15 is 0 Å². The number of fused-ring (bicyclic) bond motifs is 1. The Morgan fingerprint density at radius 3 is 2.65 bits per heavy atom. The molecule has 3 N–H and O–H groups in total. The molecule has 0 aliphatic heterocycles. The summed E-state index contributed by atoms with van der Waals surface area (Å²) in [6.45, 7) is 0. The molecule has 31 heavy (non-hydrogen) atoms. The zero-order valence-corrected chi connectivity index (χ0v) is 17.4. The largest absolute Gasteiger partial charge is 0.495 e. The fraction of sp³-hybridized carbons (Fsp3) is 0.304. The monoisotopic (exact) mass is 415 g/mol. The van der Waals surface area contributed by atoms with Crippen LogP contribution < -0.4 is 15.4 Å². The van der Waals surface area contributed by atoms with Gasteiger partial charge in [0.15, 0.2) is 11.5 Å². The molecule has 1 aliphatic rings. The molecule has 8 heteroatoms. The molecule has 0 unspecified atom stereocenters. The zero-order chi connectivity index (χ0) is 21.0. The molecule has 5 rings (SSSR count). The van der Waals surface area contributed by atoms with Crippen LogP contribution >= 0.6 is 0 Å². The van der Waals surface area contributed by atoms with Crippen molar-refractivity contribution in [3.05, 3.63) is 49.1 Å². The number of imidazole rings is 1. The van der Waals surface area contributed by atoms with Crippen LogP contribution in [0.4, 0.5) is 17.5 Å². The Morgan fingerprint density at radius 1 is 1.00 bits per heavy atom. The van der Waals surface area contributed by atoms with E-state index in [4.69, 9.17) is 9.72 Å². The molecule has 1 aliphatic carbocycles. The standard InChI is InChI=1S/C23H25N7O/c1-31-19-13-16(15-9-11-24-12-10-15)7-8-18(19)28-23-29-21-20(25-14-26-21)22(30-23)27-17-5-3-2-4-6-17/h7-14,17H,2-6H2,1H3,(H3,25,26,27,28,29,30). The molecule has 0 radical (unpaired) electrons. The van der Waals surface area contributed by atoms with Crippen molar-refractivity contribution in [3.63, 3.8) is 0 Å². The van der Waals surface area contributed by atoms with E-state index in [1.165, 1.54) is 19.3 Å². The number of ether oxygens (including phenoxy) is 1. The van der Waals surface area contributed by atoms with Crippen molar-refractivity contribution in [1.82, 2.24) is 24.9 Å². The second kappa shape index (κ2) is 8.59. The lowest BCUT2D eigenvalue weighted by molar-refractivity contribution is 0.417. The second-order valence-electron chi connectivity index (χ2n) is 7.75. The number of hydrogen-bond acceptors (Lipinski definition) is 7. The summed E-state index contributed by atoms with van der Waals surface area (Å²) in [5.74, 6) is 1.97. The third-order valence-electron chi connectivity index (χ3n) is 5.69. The molecule has 0 bridgehead atoms. The summed E-state index contributed by atoms with van der Waals surface area (Å²) >= 11 is 0. The lowest BCUT2D eigenvalue weighted by Crippen LogP contribution is -2.23. The molecule has 3 heterocycles. The number of nitrogens with zero attached hydrogens (tertiary/aromatic N) is 4. The topological polar surface area (TPSA) is 101 Å². The third kappa shape index (κ3) is 4.14. The number of nitrogens with one attached hydrogen (secondary N) is 3. The van der Waals surface area contributed by atoms with Gasteiger partial charge in [0.25, 0.3) is 0 Å². The summed E-state index contributed by atoms with van der Waals surface area (Å²) in [5, 5.41) is 6.90. The smallest absolute Gasteiger partial charge is 0.231 e. The molecule has 0 saturated heterocycles. The molecule has 1 aromatic carbocycles. The predicted molar refractivity (Wildman–Crippen MR) is 122 cm³/mol. The molecule has 0 amide bonds. The maximum absolute atomic E-state index is 5.63. The first-order valence-electron chi connectivity index (χ1n) is 10.6. The fourth-order valence-corrected chi connectivity index (χ4v) is 4.07. The van der Waals surface area contributed by atoms with Crippen molar-refractivity contribution in [1.29, 1.82) is 0 Å². The van der Waals surface area contributed by atoms with E-state index < -0.39 is 0 Å². The first-order chi connectivity index (χ1) is 15.3. The molecule has 8 nitrogen and oxygen atoms in total. The maximum Gasteiger partial charge on any atom is 0.231 e. The van der Waals surface area contributed by atoms with Gasteiger partial charge in [-0.15, -0.1) is 0 Å². The van der Waals surface area contributed by atoms with Gasteiger partial charge in [-0.3, -0.25) is 4.98 Å². The molecule has 1 fully saturated rings. The van der Waals surface area contributed by atoms with Crippen molar-refractivity contribution in [2.45, 2.75) is 38.1 Å². The van der Waals surface area contributed by atoms with Crippen molar-refractivity contribution in [2.75, 3.05) is 17.7 Å². The molecule has 0 atom stereocenters. The fourth-order valence-electron chi connectivity index (χ4n) is 4.07. The van der Waals surface area contributed by atoms with Crippen LogP contribution in [0.1, 0.15) is 32.1 Å². The zero-order valence-electron chi connectivity index (χ0n) is 17.4. The average molecular weight is 416 g/mol. The molecule has 1 saturated carbocycles. The van der Waals surface area contributed by atoms with Crippen LogP contribution in [0.5, 0.6) is 5.75 Å². The van der Waals surface area contributed by atoms with Gasteiger partial charge in [0.2, 0.25) is 5.95 Å². The van der Waals surface area contributed by atoms with Gasteiger partial charge in [-0.25, -0.2) is 4.98 Å². The summed E-state index contributed by atoms with van der Waals surface area (Å²) in [6.07, 6.45) is 11.3. The van der Waals surface area contributed by atoms with Gasteiger partial charge in [0.05, 0.1) is 19.1 Å². The molecule has 4 aromatic rings. The summed E-state index contributed by atoms with van der Waals surface area (Å²) in [4.78, 5) is 20.9.